The van der Waals surface area contributed by atoms with Crippen LogP contribution in [0.15, 0.2) is 0 Å². The summed E-state index contributed by atoms with van der Waals surface area (Å²) in [5, 5.41) is 3.11. The van der Waals surface area contributed by atoms with Crippen molar-refractivity contribution >= 4 is 5.97 Å². The Morgan fingerprint density at radius 1 is 1.54 bits per heavy atom. The summed E-state index contributed by atoms with van der Waals surface area (Å²) in [5.74, 6) is -0.175. The molecule has 0 saturated carbocycles. The number of nitrogens with one attached hydrogen (secondary N) is 1. The van der Waals surface area contributed by atoms with Crippen LogP contribution in [0, 0.1) is 0 Å². The lowest BCUT2D eigenvalue weighted by molar-refractivity contribution is -0.149. The van der Waals surface area contributed by atoms with Gasteiger partial charge in [-0.25, -0.2) is 0 Å². The molecule has 0 aliphatic carbocycles. The molecule has 1 rings (SSSR count). The van der Waals surface area contributed by atoms with Crippen molar-refractivity contribution in [2.24, 2.45) is 5.73 Å². The number of rotatable bonds is 3. The molecule has 1 saturated heterocycles. The Labute approximate surface area is 78.8 Å². The van der Waals surface area contributed by atoms with Gasteiger partial charge in [-0.2, -0.15) is 0 Å². The zero-order valence-corrected chi connectivity index (χ0v) is 8.52. The number of carbonyl (C=O) groups excluding carboxylic acids is 1. The number of hydrogen-bond donors (Lipinski definition) is 2. The summed E-state index contributed by atoms with van der Waals surface area (Å²) >= 11 is 0. The van der Waals surface area contributed by atoms with Gasteiger partial charge in [-0.1, -0.05) is 0 Å². The molecule has 0 bridgehead atoms. The predicted molar refractivity (Wildman–Crippen MR) is 50.3 cm³/mol. The van der Waals surface area contributed by atoms with Gasteiger partial charge in [0.15, 0.2) is 0 Å². The van der Waals surface area contributed by atoms with E-state index in [0.29, 0.717) is 19.5 Å². The molecule has 1 atom stereocenters. The second-order valence-electron chi connectivity index (χ2n) is 4.37. The second kappa shape index (κ2) is 3.27. The molecule has 0 aromatic heterocycles. The average molecular weight is 186 g/mol. The van der Waals surface area contributed by atoms with Crippen LogP contribution in [0.3, 0.4) is 0 Å². The van der Waals surface area contributed by atoms with E-state index in [1.807, 2.05) is 20.8 Å². The molecule has 13 heavy (non-hydrogen) atoms. The molecule has 0 spiro atoms. The van der Waals surface area contributed by atoms with Gasteiger partial charge in [-0.15, -0.1) is 0 Å². The highest BCUT2D eigenvalue weighted by molar-refractivity contribution is 5.83. The van der Waals surface area contributed by atoms with Gasteiger partial charge in [0.05, 0.1) is 0 Å². The zero-order chi connectivity index (χ0) is 10.1. The topological polar surface area (TPSA) is 64.3 Å². The first-order valence-electron chi connectivity index (χ1n) is 4.58. The SMILES string of the molecule is CC1(C)CC(C)(NCCN)C(=O)O1. The largest absolute Gasteiger partial charge is 0.458 e. The van der Waals surface area contributed by atoms with Crippen molar-refractivity contribution in [3.05, 3.63) is 0 Å². The molecule has 76 valence electrons. The zero-order valence-electron chi connectivity index (χ0n) is 8.52. The summed E-state index contributed by atoms with van der Waals surface area (Å²) in [6.45, 7) is 6.87. The Morgan fingerprint density at radius 3 is 2.54 bits per heavy atom. The van der Waals surface area contributed by atoms with Gasteiger partial charge in [0.1, 0.15) is 11.1 Å². The molecular formula is C9H18N2O2. The van der Waals surface area contributed by atoms with E-state index in [9.17, 15) is 4.79 Å². The first-order chi connectivity index (χ1) is 5.90. The number of carbonyl (C=O) groups is 1. The molecule has 1 aliphatic heterocycles. The van der Waals surface area contributed by atoms with Gasteiger partial charge in [0.25, 0.3) is 0 Å². The molecule has 4 heteroatoms. The first kappa shape index (κ1) is 10.5. The van der Waals surface area contributed by atoms with Gasteiger partial charge in [-0.3, -0.25) is 4.79 Å². The molecule has 1 fully saturated rings. The third kappa shape index (κ3) is 2.19. The Bertz CT molecular complexity index is 216. The normalized spacial score (nSPS) is 31.8. The van der Waals surface area contributed by atoms with Crippen LogP contribution in [0.4, 0.5) is 0 Å². The minimum atomic E-state index is -0.553. The smallest absolute Gasteiger partial charge is 0.326 e. The van der Waals surface area contributed by atoms with Crippen LogP contribution in [0.5, 0.6) is 0 Å². The van der Waals surface area contributed by atoms with Crippen molar-refractivity contribution in [1.29, 1.82) is 0 Å². The Kier molecular flexibility index (Phi) is 2.63. The van der Waals surface area contributed by atoms with Crippen LogP contribution in [-0.2, 0) is 9.53 Å². The summed E-state index contributed by atoms with van der Waals surface area (Å²) < 4.78 is 5.22. The quantitative estimate of drug-likeness (QED) is 0.610. The minimum Gasteiger partial charge on any atom is -0.458 e. The standard InChI is InChI=1S/C9H18N2O2/c1-8(2)6-9(3,7(12)13-8)11-5-4-10/h11H,4-6,10H2,1-3H3. The summed E-state index contributed by atoms with van der Waals surface area (Å²) in [5.41, 5.74) is 4.46. The molecule has 4 nitrogen and oxygen atoms in total. The van der Waals surface area contributed by atoms with Crippen LogP contribution in [-0.4, -0.2) is 30.2 Å². The van der Waals surface area contributed by atoms with Crippen molar-refractivity contribution in [1.82, 2.24) is 5.32 Å². The highest BCUT2D eigenvalue weighted by Gasteiger charge is 2.48. The van der Waals surface area contributed by atoms with Crippen molar-refractivity contribution in [2.45, 2.75) is 38.3 Å². The van der Waals surface area contributed by atoms with Crippen LogP contribution in [0.2, 0.25) is 0 Å². The molecule has 0 aromatic rings. The van der Waals surface area contributed by atoms with Crippen molar-refractivity contribution in [3.8, 4) is 0 Å². The van der Waals surface area contributed by atoms with Gasteiger partial charge < -0.3 is 15.8 Å². The van der Waals surface area contributed by atoms with Gasteiger partial charge in [0, 0.05) is 19.5 Å². The molecule has 0 aromatic carbocycles. The Hall–Kier alpha value is -0.610. The fourth-order valence-corrected chi connectivity index (χ4v) is 1.81. The van der Waals surface area contributed by atoms with E-state index in [1.165, 1.54) is 0 Å². The lowest BCUT2D eigenvalue weighted by Gasteiger charge is -2.21. The Balaban J connectivity index is 2.64. The van der Waals surface area contributed by atoms with E-state index in [2.05, 4.69) is 5.32 Å². The van der Waals surface area contributed by atoms with E-state index in [1.54, 1.807) is 0 Å². The Morgan fingerprint density at radius 2 is 2.15 bits per heavy atom. The summed E-state index contributed by atoms with van der Waals surface area (Å²) in [7, 11) is 0. The lowest BCUT2D eigenvalue weighted by Crippen LogP contribution is -2.48. The summed E-state index contributed by atoms with van der Waals surface area (Å²) in [6, 6.07) is 0. The fourth-order valence-electron chi connectivity index (χ4n) is 1.81. The number of ether oxygens (including phenoxy) is 1. The molecule has 0 radical (unpaired) electrons. The maximum atomic E-state index is 11.5. The maximum absolute atomic E-state index is 11.5. The molecule has 1 aliphatic rings. The highest BCUT2D eigenvalue weighted by Crippen LogP contribution is 2.33. The van der Waals surface area contributed by atoms with E-state index in [-0.39, 0.29) is 11.6 Å². The van der Waals surface area contributed by atoms with E-state index in [4.69, 9.17) is 10.5 Å². The molecule has 0 amide bonds. The van der Waals surface area contributed by atoms with Crippen molar-refractivity contribution in [3.63, 3.8) is 0 Å². The van der Waals surface area contributed by atoms with Crippen molar-refractivity contribution < 1.29 is 9.53 Å². The fraction of sp³-hybridized carbons (Fsp3) is 0.889. The highest BCUT2D eigenvalue weighted by atomic mass is 16.6. The van der Waals surface area contributed by atoms with E-state index in [0.717, 1.165) is 0 Å². The van der Waals surface area contributed by atoms with Crippen LogP contribution < -0.4 is 11.1 Å². The van der Waals surface area contributed by atoms with Crippen LogP contribution in [0.25, 0.3) is 0 Å². The van der Waals surface area contributed by atoms with E-state index >= 15 is 0 Å². The number of cyclic esters (lactones) is 1. The lowest BCUT2D eigenvalue weighted by atomic mass is 9.92. The predicted octanol–water partition coefficient (Wildman–Crippen LogP) is 0.0189. The number of esters is 1. The first-order valence-corrected chi connectivity index (χ1v) is 4.58. The third-order valence-corrected chi connectivity index (χ3v) is 2.26. The summed E-state index contributed by atoms with van der Waals surface area (Å²) in [6.07, 6.45) is 0.693. The minimum absolute atomic E-state index is 0.175. The van der Waals surface area contributed by atoms with E-state index < -0.39 is 5.54 Å². The third-order valence-electron chi connectivity index (χ3n) is 2.26. The van der Waals surface area contributed by atoms with Gasteiger partial charge in [0.2, 0.25) is 0 Å². The van der Waals surface area contributed by atoms with Gasteiger partial charge in [-0.05, 0) is 20.8 Å². The van der Waals surface area contributed by atoms with Crippen LogP contribution in [0.1, 0.15) is 27.2 Å². The monoisotopic (exact) mass is 186 g/mol. The molecule has 1 unspecified atom stereocenters. The van der Waals surface area contributed by atoms with Gasteiger partial charge >= 0.3 is 5.97 Å². The molecule has 1 heterocycles. The van der Waals surface area contributed by atoms with Crippen molar-refractivity contribution in [2.75, 3.05) is 13.1 Å². The number of nitrogens with two attached hydrogens (primary N) is 1. The second-order valence-corrected chi connectivity index (χ2v) is 4.37. The number of hydrogen-bond acceptors (Lipinski definition) is 4. The van der Waals surface area contributed by atoms with Crippen LogP contribution >= 0.6 is 0 Å². The molecule has 3 N–H and O–H groups in total. The maximum Gasteiger partial charge on any atom is 0.326 e. The molecular weight excluding hydrogens is 168 g/mol. The average Bonchev–Trinajstić information content (AvgIpc) is 2.18. The summed E-state index contributed by atoms with van der Waals surface area (Å²) in [4.78, 5) is 11.5.